The molecule has 2 aromatic rings. The van der Waals surface area contributed by atoms with Crippen LogP contribution in [0.3, 0.4) is 0 Å². The Kier molecular flexibility index (Phi) is 6.33. The van der Waals surface area contributed by atoms with E-state index < -0.39 is 18.1 Å². The van der Waals surface area contributed by atoms with E-state index in [2.05, 4.69) is 5.32 Å². The molecule has 0 aliphatic rings. The normalized spacial score (nSPS) is 11.5. The van der Waals surface area contributed by atoms with Crippen molar-refractivity contribution in [3.8, 4) is 0 Å². The number of hydrogen-bond donors (Lipinski definition) is 3. The molecule has 2 rings (SSSR count). The number of carbonyl (C=O) groups is 2. The van der Waals surface area contributed by atoms with Gasteiger partial charge in [-0.3, -0.25) is 4.79 Å². The van der Waals surface area contributed by atoms with Crippen LogP contribution in [0.4, 0.5) is 4.79 Å². The van der Waals surface area contributed by atoms with Gasteiger partial charge in [-0.1, -0.05) is 54.6 Å². The predicted molar refractivity (Wildman–Crippen MR) is 89.2 cm³/mol. The highest BCUT2D eigenvalue weighted by molar-refractivity contribution is 5.73. The topological polar surface area (TPSA) is 102 Å². The molecule has 6 nitrogen and oxygen atoms in total. The summed E-state index contributed by atoms with van der Waals surface area (Å²) in [5.74, 6) is -1.03. The van der Waals surface area contributed by atoms with Gasteiger partial charge in [-0.2, -0.15) is 0 Å². The summed E-state index contributed by atoms with van der Waals surface area (Å²) in [7, 11) is 0. The molecule has 24 heavy (non-hydrogen) atoms. The summed E-state index contributed by atoms with van der Waals surface area (Å²) < 4.78 is 5.12. The van der Waals surface area contributed by atoms with E-state index in [1.54, 1.807) is 12.1 Å². The highest BCUT2D eigenvalue weighted by Crippen LogP contribution is 2.07. The van der Waals surface area contributed by atoms with Gasteiger partial charge >= 0.3 is 12.1 Å². The third-order valence-corrected chi connectivity index (χ3v) is 3.45. The molecule has 0 spiro atoms. The lowest BCUT2D eigenvalue weighted by molar-refractivity contribution is -0.138. The molecule has 0 fully saturated rings. The van der Waals surface area contributed by atoms with Gasteiger partial charge in [0.25, 0.3) is 0 Å². The molecule has 0 aliphatic heterocycles. The van der Waals surface area contributed by atoms with Gasteiger partial charge in [0.05, 0.1) is 0 Å². The van der Waals surface area contributed by atoms with Crippen molar-refractivity contribution in [2.24, 2.45) is 5.73 Å². The van der Waals surface area contributed by atoms with Crippen molar-refractivity contribution in [1.29, 1.82) is 0 Å². The Morgan fingerprint density at radius 1 is 1.00 bits per heavy atom. The number of hydrogen-bond acceptors (Lipinski definition) is 4. The second-order valence-electron chi connectivity index (χ2n) is 5.38. The molecule has 2 aromatic carbocycles. The second-order valence-corrected chi connectivity index (χ2v) is 5.38. The van der Waals surface area contributed by atoms with Crippen LogP contribution in [0.25, 0.3) is 0 Å². The predicted octanol–water partition coefficient (Wildman–Crippen LogP) is 2.07. The van der Waals surface area contributed by atoms with E-state index in [4.69, 9.17) is 15.6 Å². The minimum absolute atomic E-state index is 0.221. The first-order valence-corrected chi connectivity index (χ1v) is 7.55. The lowest BCUT2D eigenvalue weighted by Crippen LogP contribution is -2.32. The number of ether oxygens (including phenoxy) is 1. The van der Waals surface area contributed by atoms with E-state index >= 15 is 0 Å². The van der Waals surface area contributed by atoms with Gasteiger partial charge in [0.2, 0.25) is 0 Å². The molecule has 126 valence electrons. The van der Waals surface area contributed by atoms with Crippen molar-refractivity contribution in [1.82, 2.24) is 5.32 Å². The fourth-order valence-electron chi connectivity index (χ4n) is 2.08. The van der Waals surface area contributed by atoms with E-state index in [0.717, 1.165) is 16.7 Å². The maximum atomic E-state index is 11.7. The minimum atomic E-state index is -1.03. The number of alkyl carbamates (subject to hydrolysis) is 1. The Labute approximate surface area is 140 Å². The van der Waals surface area contributed by atoms with Crippen LogP contribution in [0.1, 0.15) is 16.7 Å². The summed E-state index contributed by atoms with van der Waals surface area (Å²) in [5, 5.41) is 11.5. The summed E-state index contributed by atoms with van der Waals surface area (Å²) in [6.07, 6.45) is -0.224. The van der Waals surface area contributed by atoms with Crippen LogP contribution in [0.5, 0.6) is 0 Å². The zero-order valence-electron chi connectivity index (χ0n) is 13.1. The summed E-state index contributed by atoms with van der Waals surface area (Å²) in [5.41, 5.74) is 8.14. The summed E-state index contributed by atoms with van der Waals surface area (Å²) >= 11 is 0. The maximum absolute atomic E-state index is 11.7. The molecular formula is C18H20N2O4. The van der Waals surface area contributed by atoms with Crippen LogP contribution < -0.4 is 11.1 Å². The molecule has 1 amide bonds. The molecule has 0 aromatic heterocycles. The summed E-state index contributed by atoms with van der Waals surface area (Å²) in [4.78, 5) is 22.4. The van der Waals surface area contributed by atoms with Crippen molar-refractivity contribution in [2.75, 3.05) is 0 Å². The van der Waals surface area contributed by atoms with Crippen molar-refractivity contribution in [3.63, 3.8) is 0 Å². The van der Waals surface area contributed by atoms with Crippen LogP contribution >= 0.6 is 0 Å². The third-order valence-electron chi connectivity index (χ3n) is 3.45. The largest absolute Gasteiger partial charge is 0.480 e. The fourth-order valence-corrected chi connectivity index (χ4v) is 2.08. The molecular weight excluding hydrogens is 308 g/mol. The number of carbonyl (C=O) groups excluding carboxylic acids is 1. The standard InChI is InChI=1S/C18H20N2O4/c19-16(17(21)22)10-13-6-8-14(9-7-13)11-20-18(23)24-12-15-4-2-1-3-5-15/h1-9,16H,10-12,19H2,(H,20,23)(H,21,22). The van der Waals surface area contributed by atoms with Gasteiger partial charge in [0.1, 0.15) is 12.6 Å². The lowest BCUT2D eigenvalue weighted by Gasteiger charge is -2.09. The number of benzene rings is 2. The number of amides is 1. The van der Waals surface area contributed by atoms with Crippen LogP contribution in [0.15, 0.2) is 54.6 Å². The molecule has 1 unspecified atom stereocenters. The van der Waals surface area contributed by atoms with Crippen molar-refractivity contribution in [2.45, 2.75) is 25.6 Å². The highest BCUT2D eigenvalue weighted by Gasteiger charge is 2.11. The van der Waals surface area contributed by atoms with E-state index in [-0.39, 0.29) is 13.0 Å². The molecule has 0 radical (unpaired) electrons. The van der Waals surface area contributed by atoms with Crippen molar-refractivity contribution in [3.05, 3.63) is 71.3 Å². The molecule has 0 saturated heterocycles. The van der Waals surface area contributed by atoms with Gasteiger partial charge in [0, 0.05) is 6.54 Å². The van der Waals surface area contributed by atoms with E-state index in [9.17, 15) is 9.59 Å². The Morgan fingerprint density at radius 2 is 1.62 bits per heavy atom. The van der Waals surface area contributed by atoms with Gasteiger partial charge in [0.15, 0.2) is 0 Å². The maximum Gasteiger partial charge on any atom is 0.407 e. The van der Waals surface area contributed by atoms with E-state index in [1.165, 1.54) is 0 Å². The Hall–Kier alpha value is -2.86. The van der Waals surface area contributed by atoms with Crippen molar-refractivity contribution < 1.29 is 19.4 Å². The summed E-state index contributed by atoms with van der Waals surface area (Å²) in [6, 6.07) is 15.8. The number of carboxylic acids is 1. The van der Waals surface area contributed by atoms with Gasteiger partial charge in [-0.05, 0) is 23.1 Å². The minimum Gasteiger partial charge on any atom is -0.480 e. The molecule has 0 aliphatic carbocycles. The number of carboxylic acid groups (broad SMARTS) is 1. The Morgan fingerprint density at radius 3 is 2.25 bits per heavy atom. The van der Waals surface area contributed by atoms with Crippen LogP contribution in [-0.2, 0) is 29.1 Å². The average molecular weight is 328 g/mol. The molecule has 4 N–H and O–H groups in total. The highest BCUT2D eigenvalue weighted by atomic mass is 16.5. The molecule has 0 saturated carbocycles. The first-order chi connectivity index (χ1) is 11.5. The Bertz CT molecular complexity index is 671. The lowest BCUT2D eigenvalue weighted by atomic mass is 10.0. The van der Waals surface area contributed by atoms with Crippen LogP contribution in [0, 0.1) is 0 Å². The fraction of sp³-hybridized carbons (Fsp3) is 0.222. The van der Waals surface area contributed by atoms with Crippen molar-refractivity contribution >= 4 is 12.1 Å². The molecule has 1 atom stereocenters. The van der Waals surface area contributed by atoms with Gasteiger partial charge in [-0.15, -0.1) is 0 Å². The number of nitrogens with one attached hydrogen (secondary N) is 1. The van der Waals surface area contributed by atoms with E-state index in [1.807, 2.05) is 42.5 Å². The second kappa shape index (κ2) is 8.69. The molecule has 0 heterocycles. The molecule has 0 bridgehead atoms. The zero-order chi connectivity index (χ0) is 17.4. The summed E-state index contributed by atoms with van der Waals surface area (Å²) in [6.45, 7) is 0.553. The van der Waals surface area contributed by atoms with Gasteiger partial charge in [-0.25, -0.2) is 4.79 Å². The first-order valence-electron chi connectivity index (χ1n) is 7.55. The number of aliphatic carboxylic acids is 1. The van der Waals surface area contributed by atoms with E-state index in [0.29, 0.717) is 6.54 Å². The van der Waals surface area contributed by atoms with Crippen LogP contribution in [-0.4, -0.2) is 23.2 Å². The first kappa shape index (κ1) is 17.5. The smallest absolute Gasteiger partial charge is 0.407 e. The molecule has 6 heteroatoms. The monoisotopic (exact) mass is 328 g/mol. The van der Waals surface area contributed by atoms with Crippen LogP contribution in [0.2, 0.25) is 0 Å². The Balaban J connectivity index is 1.75. The number of rotatable bonds is 7. The quantitative estimate of drug-likeness (QED) is 0.722. The van der Waals surface area contributed by atoms with Gasteiger partial charge < -0.3 is 20.9 Å². The number of nitrogens with two attached hydrogens (primary N) is 1. The SMILES string of the molecule is NC(Cc1ccc(CNC(=O)OCc2ccccc2)cc1)C(=O)O. The zero-order valence-corrected chi connectivity index (χ0v) is 13.1. The average Bonchev–Trinajstić information content (AvgIpc) is 2.60. The third kappa shape index (κ3) is 5.73.